The second-order valence-corrected chi connectivity index (χ2v) is 9.74. The maximum atomic E-state index is 12.9. The molecule has 0 heterocycles. The van der Waals surface area contributed by atoms with Crippen molar-refractivity contribution in [1.82, 2.24) is 5.32 Å². The number of halogens is 5. The third-order valence-electron chi connectivity index (χ3n) is 2.69. The number of carbonyl (C=O) groups is 1. The fourth-order valence-electron chi connectivity index (χ4n) is 1.76. The molecule has 0 saturated carbocycles. The van der Waals surface area contributed by atoms with E-state index in [0.717, 1.165) is 0 Å². The van der Waals surface area contributed by atoms with E-state index in [9.17, 15) is 9.36 Å². The number of amides is 1. The van der Waals surface area contributed by atoms with Crippen molar-refractivity contribution >= 4 is 71.5 Å². The normalized spacial score (nSPS) is 13.6. The molecule has 0 fully saturated rings. The summed E-state index contributed by atoms with van der Waals surface area (Å²) in [6.07, 6.45) is 0. The average molecular weight is 458 g/mol. The number of hydrogen-bond donors (Lipinski definition) is 1. The van der Waals surface area contributed by atoms with Gasteiger partial charge in [-0.15, -0.1) is 0 Å². The lowest BCUT2D eigenvalue weighted by molar-refractivity contribution is 0.0938. The van der Waals surface area contributed by atoms with E-state index < -0.39 is 23.1 Å². The number of alkyl halides is 3. The van der Waals surface area contributed by atoms with Gasteiger partial charge in [0.05, 0.1) is 23.8 Å². The van der Waals surface area contributed by atoms with Gasteiger partial charge in [0.25, 0.3) is 5.91 Å². The maximum absolute atomic E-state index is 12.9. The summed E-state index contributed by atoms with van der Waals surface area (Å²) in [6, 6.07) is 4.24. The number of carbonyl (C=O) groups excluding carboxylic acids is 1. The Morgan fingerprint density at radius 1 is 1.21 bits per heavy atom. The zero-order valence-electron chi connectivity index (χ0n) is 12.7. The molecule has 24 heavy (non-hydrogen) atoms. The Kier molecular flexibility index (Phi) is 8.65. The van der Waals surface area contributed by atoms with Crippen LogP contribution in [-0.4, -0.2) is 28.7 Å². The van der Waals surface area contributed by atoms with Crippen molar-refractivity contribution in [2.45, 2.75) is 23.4 Å². The first kappa shape index (κ1) is 22.3. The minimum absolute atomic E-state index is 0.0338. The largest absolute Gasteiger partial charge is 0.357 e. The van der Waals surface area contributed by atoms with E-state index in [4.69, 9.17) is 67.1 Å². The molecule has 0 radical (unpaired) electrons. The Morgan fingerprint density at radius 3 is 2.17 bits per heavy atom. The molecule has 0 spiro atoms. The molecule has 1 rings (SSSR count). The van der Waals surface area contributed by atoms with Gasteiger partial charge in [-0.2, -0.15) is 0 Å². The molecule has 0 aliphatic rings. The molecular weight excluding hydrogens is 442 g/mol. The van der Waals surface area contributed by atoms with Crippen LogP contribution in [0.3, 0.4) is 0 Å². The summed E-state index contributed by atoms with van der Waals surface area (Å²) in [6.45, 7) is 3.26. The molecule has 0 aliphatic heterocycles. The molecule has 1 unspecified atom stereocenters. The van der Waals surface area contributed by atoms with Crippen molar-refractivity contribution in [1.29, 1.82) is 0 Å². The Morgan fingerprint density at radius 2 is 1.75 bits per heavy atom. The summed E-state index contributed by atoms with van der Waals surface area (Å²) >= 11 is 29.4. The summed E-state index contributed by atoms with van der Waals surface area (Å²) in [4.78, 5) is 12.4. The SMILES string of the molecule is CCOP(=O)(OCC)C(NC(=O)c1ccc(Cl)cc1Cl)C(Cl)(Cl)Cl. The molecule has 1 amide bonds. The summed E-state index contributed by atoms with van der Waals surface area (Å²) in [5.74, 6) is -2.25. The van der Waals surface area contributed by atoms with Gasteiger partial charge in [0.2, 0.25) is 3.79 Å². The van der Waals surface area contributed by atoms with Gasteiger partial charge >= 0.3 is 7.60 Å². The quantitative estimate of drug-likeness (QED) is 0.422. The minimum Gasteiger partial charge on any atom is -0.334 e. The Balaban J connectivity index is 3.18. The highest BCUT2D eigenvalue weighted by molar-refractivity contribution is 7.55. The first-order chi connectivity index (χ1) is 11.0. The van der Waals surface area contributed by atoms with Crippen molar-refractivity contribution in [2.75, 3.05) is 13.2 Å². The summed E-state index contributed by atoms with van der Waals surface area (Å²) in [7, 11) is -3.95. The van der Waals surface area contributed by atoms with Crippen molar-refractivity contribution in [3.05, 3.63) is 33.8 Å². The lowest BCUT2D eigenvalue weighted by atomic mass is 10.2. The smallest absolute Gasteiger partial charge is 0.334 e. The van der Waals surface area contributed by atoms with Gasteiger partial charge in [0, 0.05) is 5.02 Å². The monoisotopic (exact) mass is 455 g/mol. The van der Waals surface area contributed by atoms with E-state index in [1.54, 1.807) is 13.8 Å². The van der Waals surface area contributed by atoms with E-state index in [2.05, 4.69) is 5.32 Å². The van der Waals surface area contributed by atoms with Crippen molar-refractivity contribution in [3.63, 3.8) is 0 Å². The van der Waals surface area contributed by atoms with Crippen LogP contribution in [0.1, 0.15) is 24.2 Å². The van der Waals surface area contributed by atoms with Crippen LogP contribution in [0.25, 0.3) is 0 Å². The standard InChI is InChI=1S/C13H15Cl5NO4P/c1-3-22-24(21,23-4-2)12(13(16,17)18)19-11(20)9-6-5-8(14)7-10(9)15/h5-7,12H,3-4H2,1-2H3,(H,19,20). The molecule has 1 aromatic rings. The maximum Gasteiger partial charge on any atom is 0.357 e. The second kappa shape index (κ2) is 9.29. The number of hydrogen-bond acceptors (Lipinski definition) is 4. The predicted molar refractivity (Wildman–Crippen MR) is 98.9 cm³/mol. The molecule has 0 saturated heterocycles. The predicted octanol–water partition coefficient (Wildman–Crippen LogP) is 5.69. The lowest BCUT2D eigenvalue weighted by Crippen LogP contribution is -2.44. The molecule has 1 atom stereocenters. The van der Waals surface area contributed by atoms with Gasteiger partial charge in [0.15, 0.2) is 5.78 Å². The van der Waals surface area contributed by atoms with Crippen molar-refractivity contribution in [3.8, 4) is 0 Å². The Bertz CT molecular complexity index is 627. The molecule has 0 aliphatic carbocycles. The Labute approximate surface area is 165 Å². The molecule has 1 aromatic carbocycles. The van der Waals surface area contributed by atoms with Crippen molar-refractivity contribution in [2.24, 2.45) is 0 Å². The molecule has 0 aromatic heterocycles. The Hall–Kier alpha value is 0.290. The van der Waals surface area contributed by atoms with Crippen LogP contribution < -0.4 is 5.32 Å². The summed E-state index contributed by atoms with van der Waals surface area (Å²) in [5.41, 5.74) is 0.0693. The molecular formula is C13H15Cl5NO4P. The van der Waals surface area contributed by atoms with Crippen LogP contribution in [0.4, 0.5) is 0 Å². The third kappa shape index (κ3) is 5.93. The number of benzene rings is 1. The molecule has 11 heteroatoms. The van der Waals surface area contributed by atoms with E-state index >= 15 is 0 Å². The van der Waals surface area contributed by atoms with Crippen LogP contribution in [0.15, 0.2) is 18.2 Å². The first-order valence-electron chi connectivity index (χ1n) is 6.76. The van der Waals surface area contributed by atoms with E-state index in [0.29, 0.717) is 5.02 Å². The topological polar surface area (TPSA) is 64.6 Å². The second-order valence-electron chi connectivity index (χ2n) is 4.42. The zero-order valence-corrected chi connectivity index (χ0v) is 17.4. The van der Waals surface area contributed by atoms with Gasteiger partial charge in [-0.05, 0) is 32.0 Å². The van der Waals surface area contributed by atoms with Crippen LogP contribution in [0.5, 0.6) is 0 Å². The first-order valence-corrected chi connectivity index (χ1v) is 10.3. The van der Waals surface area contributed by atoms with Gasteiger partial charge in [0.1, 0.15) is 0 Å². The molecule has 136 valence electrons. The van der Waals surface area contributed by atoms with Crippen LogP contribution in [-0.2, 0) is 13.6 Å². The average Bonchev–Trinajstić information content (AvgIpc) is 2.43. The van der Waals surface area contributed by atoms with E-state index in [1.165, 1.54) is 18.2 Å². The highest BCUT2D eigenvalue weighted by Crippen LogP contribution is 2.58. The fourth-order valence-corrected chi connectivity index (χ4v) is 5.22. The number of nitrogens with one attached hydrogen (secondary N) is 1. The molecule has 0 bridgehead atoms. The van der Waals surface area contributed by atoms with Gasteiger partial charge < -0.3 is 14.4 Å². The summed E-state index contributed by atoms with van der Waals surface area (Å²) < 4.78 is 21.1. The summed E-state index contributed by atoms with van der Waals surface area (Å²) in [5, 5.41) is 2.81. The fraction of sp³-hybridized carbons (Fsp3) is 0.462. The van der Waals surface area contributed by atoms with E-state index in [1.807, 2.05) is 0 Å². The lowest BCUT2D eigenvalue weighted by Gasteiger charge is -2.31. The zero-order chi connectivity index (χ0) is 18.5. The van der Waals surface area contributed by atoms with Crippen molar-refractivity contribution < 1.29 is 18.4 Å². The van der Waals surface area contributed by atoms with E-state index in [-0.39, 0.29) is 23.8 Å². The van der Waals surface area contributed by atoms with Crippen LogP contribution in [0.2, 0.25) is 10.0 Å². The van der Waals surface area contributed by atoms with Crippen LogP contribution in [0, 0.1) is 0 Å². The van der Waals surface area contributed by atoms with Crippen LogP contribution >= 0.6 is 65.6 Å². The van der Waals surface area contributed by atoms with Gasteiger partial charge in [-0.1, -0.05) is 58.0 Å². The molecule has 1 N–H and O–H groups in total. The highest BCUT2D eigenvalue weighted by Gasteiger charge is 2.49. The number of rotatable bonds is 7. The van der Waals surface area contributed by atoms with Gasteiger partial charge in [-0.25, -0.2) is 0 Å². The minimum atomic E-state index is -3.95. The van der Waals surface area contributed by atoms with Gasteiger partial charge in [-0.3, -0.25) is 9.36 Å². The third-order valence-corrected chi connectivity index (χ3v) is 6.73. The highest BCUT2D eigenvalue weighted by atomic mass is 35.6. The molecule has 5 nitrogen and oxygen atoms in total.